The third-order valence-corrected chi connectivity index (χ3v) is 4.03. The zero-order chi connectivity index (χ0) is 10.9. The summed E-state index contributed by atoms with van der Waals surface area (Å²) in [6.07, 6.45) is 0. The van der Waals surface area contributed by atoms with E-state index in [2.05, 4.69) is 0 Å². The second kappa shape index (κ2) is 4.00. The summed E-state index contributed by atoms with van der Waals surface area (Å²) < 4.78 is 35.0. The Labute approximate surface area is 98.0 Å². The van der Waals surface area contributed by atoms with Crippen LogP contribution in [0.25, 0.3) is 0 Å². The van der Waals surface area contributed by atoms with Crippen molar-refractivity contribution in [2.45, 2.75) is 4.90 Å². The van der Waals surface area contributed by atoms with Gasteiger partial charge in [-0.25, -0.2) is 12.8 Å². The number of hydrogen-bond acceptors (Lipinski definition) is 3. The zero-order valence-corrected chi connectivity index (χ0v) is 10.2. The molecule has 0 atom stereocenters. The smallest absolute Gasteiger partial charge is 0.207 e. The lowest BCUT2D eigenvalue weighted by Gasteiger charge is -2.01. The number of hydrogen-bond donors (Lipinski definition) is 0. The van der Waals surface area contributed by atoms with E-state index in [1.165, 1.54) is 6.07 Å². The molecule has 0 N–H and O–H groups in total. The van der Waals surface area contributed by atoms with Gasteiger partial charge in [-0.15, -0.1) is 0 Å². The van der Waals surface area contributed by atoms with Crippen molar-refractivity contribution in [2.24, 2.45) is 0 Å². The largest absolute Gasteiger partial charge is 0.262 e. The minimum atomic E-state index is -3.94. The van der Waals surface area contributed by atoms with Crippen LogP contribution < -0.4 is 0 Å². The fourth-order valence-corrected chi connectivity index (χ4v) is 3.42. The van der Waals surface area contributed by atoms with Gasteiger partial charge >= 0.3 is 0 Å². The molecule has 0 fully saturated rings. The first-order valence-corrected chi connectivity index (χ1v) is 6.59. The highest BCUT2D eigenvalue weighted by Crippen LogP contribution is 2.24. The maximum Gasteiger partial charge on any atom is 0.262 e. The van der Waals surface area contributed by atoms with Crippen LogP contribution >= 0.6 is 33.3 Å². The van der Waals surface area contributed by atoms with E-state index in [0.717, 1.165) is 12.1 Å². The molecule has 0 bridgehead atoms. The number of rotatable bonds is 1. The molecular weight excluding hydrogens is 344 g/mol. The highest BCUT2D eigenvalue weighted by molar-refractivity contribution is 14.1. The van der Waals surface area contributed by atoms with Gasteiger partial charge in [-0.05, 0) is 34.7 Å². The molecule has 3 nitrogen and oxygen atoms in total. The fourth-order valence-electron chi connectivity index (χ4n) is 0.802. The average molecular weight is 346 g/mol. The van der Waals surface area contributed by atoms with E-state index >= 15 is 0 Å². The molecule has 1 aromatic rings. The van der Waals surface area contributed by atoms with Gasteiger partial charge in [0, 0.05) is 14.3 Å². The Morgan fingerprint density at radius 1 is 1.50 bits per heavy atom. The Kier molecular flexibility index (Phi) is 3.34. The quantitative estimate of drug-likeness (QED) is 0.579. The van der Waals surface area contributed by atoms with Crippen molar-refractivity contribution in [3.63, 3.8) is 0 Å². The van der Waals surface area contributed by atoms with Crippen LogP contribution in [0.1, 0.15) is 5.56 Å². The van der Waals surface area contributed by atoms with Crippen molar-refractivity contribution in [1.82, 2.24) is 0 Å². The summed E-state index contributed by atoms with van der Waals surface area (Å²) in [5, 5.41) is 8.47. The molecule has 0 saturated carbocycles. The van der Waals surface area contributed by atoms with Crippen LogP contribution in [0.15, 0.2) is 17.0 Å². The van der Waals surface area contributed by atoms with E-state index in [-0.39, 0.29) is 14.0 Å². The van der Waals surface area contributed by atoms with Crippen molar-refractivity contribution in [3.05, 3.63) is 27.1 Å². The van der Waals surface area contributed by atoms with E-state index in [1.807, 2.05) is 0 Å². The summed E-state index contributed by atoms with van der Waals surface area (Å²) in [5.74, 6) is -0.763. The Bertz CT molecular complexity index is 523. The second-order valence-corrected chi connectivity index (χ2v) is 6.01. The molecule has 0 heterocycles. The minimum Gasteiger partial charge on any atom is -0.207 e. The summed E-state index contributed by atoms with van der Waals surface area (Å²) in [7, 11) is 1.14. The summed E-state index contributed by atoms with van der Waals surface area (Å²) >= 11 is 1.63. The molecule has 1 aromatic carbocycles. The SMILES string of the molecule is N#Cc1cc(S(=O)(=O)Cl)c(I)cc1F. The van der Waals surface area contributed by atoms with E-state index in [9.17, 15) is 12.8 Å². The van der Waals surface area contributed by atoms with Crippen LogP contribution in [-0.4, -0.2) is 8.42 Å². The van der Waals surface area contributed by atoms with Crippen LogP contribution in [-0.2, 0) is 9.05 Å². The highest BCUT2D eigenvalue weighted by Gasteiger charge is 2.17. The maximum atomic E-state index is 13.0. The van der Waals surface area contributed by atoms with Crippen molar-refractivity contribution in [1.29, 1.82) is 5.26 Å². The normalized spacial score (nSPS) is 11.0. The number of nitriles is 1. The van der Waals surface area contributed by atoms with Crippen LogP contribution in [0.2, 0.25) is 0 Å². The van der Waals surface area contributed by atoms with Crippen molar-refractivity contribution in [2.75, 3.05) is 0 Å². The summed E-state index contributed by atoms with van der Waals surface area (Å²) in [5.41, 5.74) is -0.343. The van der Waals surface area contributed by atoms with Crippen molar-refractivity contribution >= 4 is 42.3 Å². The molecule has 0 aliphatic rings. The Balaban J connectivity index is 3.58. The van der Waals surface area contributed by atoms with E-state index < -0.39 is 14.9 Å². The molecule has 0 aliphatic heterocycles. The Morgan fingerprint density at radius 2 is 2.07 bits per heavy atom. The van der Waals surface area contributed by atoms with Crippen molar-refractivity contribution < 1.29 is 12.8 Å². The summed E-state index contributed by atoms with van der Waals surface area (Å²) in [4.78, 5) is -0.252. The topological polar surface area (TPSA) is 57.9 Å². The zero-order valence-electron chi connectivity index (χ0n) is 6.46. The Morgan fingerprint density at radius 3 is 2.50 bits per heavy atom. The fraction of sp³-hybridized carbons (Fsp3) is 0. The van der Waals surface area contributed by atoms with Gasteiger partial charge < -0.3 is 0 Å². The minimum absolute atomic E-state index is 0.147. The van der Waals surface area contributed by atoms with Gasteiger partial charge in [0.05, 0.1) is 10.5 Å². The molecule has 74 valence electrons. The molecule has 1 rings (SSSR count). The van der Waals surface area contributed by atoms with Crippen molar-refractivity contribution in [3.8, 4) is 6.07 Å². The number of halogens is 3. The lowest BCUT2D eigenvalue weighted by molar-refractivity contribution is 0.605. The van der Waals surface area contributed by atoms with Gasteiger partial charge in [0.1, 0.15) is 11.9 Å². The first-order valence-electron chi connectivity index (χ1n) is 3.20. The predicted octanol–water partition coefficient (Wildman–Crippen LogP) is 2.23. The van der Waals surface area contributed by atoms with Crippen LogP contribution in [0.3, 0.4) is 0 Å². The molecule has 0 unspecified atom stereocenters. The Hall–Kier alpha value is -0.390. The van der Waals surface area contributed by atoms with E-state index in [0.29, 0.717) is 0 Å². The average Bonchev–Trinajstić information content (AvgIpc) is 2.02. The number of nitrogens with zero attached hydrogens (tertiary/aromatic N) is 1. The molecule has 7 heteroatoms. The highest BCUT2D eigenvalue weighted by atomic mass is 127. The monoisotopic (exact) mass is 345 g/mol. The third kappa shape index (κ3) is 2.34. The maximum absolute atomic E-state index is 13.0. The van der Waals surface area contributed by atoms with Crippen LogP contribution in [0, 0.1) is 20.7 Å². The second-order valence-electron chi connectivity index (χ2n) is 2.31. The van der Waals surface area contributed by atoms with E-state index in [1.54, 1.807) is 22.6 Å². The molecule has 0 saturated heterocycles. The van der Waals surface area contributed by atoms with Gasteiger partial charge in [-0.2, -0.15) is 5.26 Å². The molecule has 0 spiro atoms. The standard InChI is InChI=1S/C7H2ClFINO2S/c8-14(12,13)7-1-4(3-11)5(9)2-6(7)10/h1-2H. The van der Waals surface area contributed by atoms with Crippen LogP contribution in [0.5, 0.6) is 0 Å². The number of benzene rings is 1. The third-order valence-electron chi connectivity index (χ3n) is 1.40. The molecule has 0 radical (unpaired) electrons. The molecule has 0 amide bonds. The molecule has 0 aliphatic carbocycles. The molecule has 14 heavy (non-hydrogen) atoms. The molecular formula is C7H2ClFINO2S. The predicted molar refractivity (Wildman–Crippen MR) is 56.9 cm³/mol. The van der Waals surface area contributed by atoms with Gasteiger partial charge in [0.25, 0.3) is 9.05 Å². The van der Waals surface area contributed by atoms with E-state index in [4.69, 9.17) is 15.9 Å². The van der Waals surface area contributed by atoms with Gasteiger partial charge in [0.15, 0.2) is 0 Å². The first-order chi connectivity index (χ1) is 6.36. The summed E-state index contributed by atoms with van der Waals surface area (Å²) in [6, 6.07) is 3.40. The first kappa shape index (κ1) is 11.7. The lowest BCUT2D eigenvalue weighted by atomic mass is 10.2. The molecule has 0 aromatic heterocycles. The van der Waals surface area contributed by atoms with Gasteiger partial charge in [-0.1, -0.05) is 0 Å². The lowest BCUT2D eigenvalue weighted by Crippen LogP contribution is -1.97. The summed E-state index contributed by atoms with van der Waals surface area (Å²) in [6.45, 7) is 0. The van der Waals surface area contributed by atoms with Gasteiger partial charge in [0.2, 0.25) is 0 Å². The van der Waals surface area contributed by atoms with Gasteiger partial charge in [-0.3, -0.25) is 0 Å². The van der Waals surface area contributed by atoms with Crippen LogP contribution in [0.4, 0.5) is 4.39 Å².